The average molecular weight is 354 g/mol. The van der Waals surface area contributed by atoms with Crippen LogP contribution in [0.4, 0.5) is 8.78 Å². The van der Waals surface area contributed by atoms with Crippen molar-refractivity contribution in [3.8, 4) is 0 Å². The third-order valence-electron chi connectivity index (χ3n) is 4.68. The summed E-state index contributed by atoms with van der Waals surface area (Å²) < 4.78 is 26.7. The van der Waals surface area contributed by atoms with E-state index in [2.05, 4.69) is 4.98 Å². The predicted octanol–water partition coefficient (Wildman–Crippen LogP) is 4.01. The molecule has 4 nitrogen and oxygen atoms in total. The Morgan fingerprint density at radius 3 is 2.79 bits per heavy atom. The first-order valence-corrected chi connectivity index (χ1v) is 8.13. The van der Waals surface area contributed by atoms with E-state index in [1.165, 1.54) is 17.3 Å². The normalized spacial score (nSPS) is 16.0. The monoisotopic (exact) mass is 353 g/mol. The van der Waals surface area contributed by atoms with Crippen LogP contribution in [0.3, 0.4) is 0 Å². The zero-order valence-electron chi connectivity index (χ0n) is 13.3. The summed E-state index contributed by atoms with van der Waals surface area (Å²) in [5, 5.41) is 0.586. The third-order valence-corrected chi connectivity index (χ3v) is 4.91. The molecule has 1 aromatic heterocycles. The Morgan fingerprint density at radius 2 is 2.21 bits per heavy atom. The van der Waals surface area contributed by atoms with E-state index in [4.69, 9.17) is 11.6 Å². The number of amides is 1. The van der Waals surface area contributed by atoms with Gasteiger partial charge in [-0.05, 0) is 30.5 Å². The lowest BCUT2D eigenvalue weighted by atomic mass is 9.63. The van der Waals surface area contributed by atoms with Crippen molar-refractivity contribution in [1.82, 2.24) is 14.5 Å². The number of alkyl halides is 2. The Labute approximate surface area is 144 Å². The Morgan fingerprint density at radius 1 is 1.46 bits per heavy atom. The fourth-order valence-corrected chi connectivity index (χ4v) is 3.43. The Kier molecular flexibility index (Phi) is 4.58. The molecule has 7 heteroatoms. The number of likely N-dealkylation sites (N-methyl/N-ethyl adjacent to an activating group) is 1. The molecule has 1 saturated carbocycles. The van der Waals surface area contributed by atoms with Crippen molar-refractivity contribution in [3.63, 3.8) is 0 Å². The number of halogens is 3. The second-order valence-corrected chi connectivity index (χ2v) is 6.57. The zero-order chi connectivity index (χ0) is 17.3. The van der Waals surface area contributed by atoms with Crippen LogP contribution in [0, 0.1) is 0 Å². The zero-order valence-corrected chi connectivity index (χ0v) is 14.0. The molecular weight excluding hydrogens is 336 g/mol. The molecule has 24 heavy (non-hydrogen) atoms. The topological polar surface area (TPSA) is 38.1 Å². The van der Waals surface area contributed by atoms with Crippen molar-refractivity contribution in [2.24, 2.45) is 0 Å². The highest BCUT2D eigenvalue weighted by Gasteiger charge is 2.47. The van der Waals surface area contributed by atoms with Crippen LogP contribution in [-0.2, 0) is 16.8 Å². The molecule has 0 unspecified atom stereocenters. The van der Waals surface area contributed by atoms with Gasteiger partial charge in [0.2, 0.25) is 5.91 Å². The maximum atomic E-state index is 13.0. The highest BCUT2D eigenvalue weighted by Crippen LogP contribution is 2.45. The molecule has 0 bridgehead atoms. The molecule has 2 aromatic rings. The van der Waals surface area contributed by atoms with Gasteiger partial charge in [0.05, 0.1) is 12.0 Å². The molecule has 1 aliphatic rings. The van der Waals surface area contributed by atoms with Gasteiger partial charge in [0, 0.05) is 24.5 Å². The van der Waals surface area contributed by atoms with E-state index in [9.17, 15) is 13.6 Å². The van der Waals surface area contributed by atoms with E-state index in [0.29, 0.717) is 5.02 Å². The van der Waals surface area contributed by atoms with Gasteiger partial charge in [-0.15, -0.1) is 0 Å². The number of rotatable bonds is 5. The fourth-order valence-electron chi connectivity index (χ4n) is 3.24. The van der Waals surface area contributed by atoms with Crippen LogP contribution in [0.15, 0.2) is 36.7 Å². The SMILES string of the molecule is CN(Cc1nccn1C(F)F)C(=O)C1(c2cccc(Cl)c2)CCC1. The first-order valence-electron chi connectivity index (χ1n) is 7.75. The maximum Gasteiger partial charge on any atom is 0.319 e. The predicted molar refractivity (Wildman–Crippen MR) is 86.9 cm³/mol. The van der Waals surface area contributed by atoms with Gasteiger partial charge in [-0.3, -0.25) is 9.36 Å². The number of nitrogens with zero attached hydrogens (tertiary/aromatic N) is 3. The van der Waals surface area contributed by atoms with Crippen molar-refractivity contribution >= 4 is 17.5 Å². The Bertz CT molecular complexity index is 743. The summed E-state index contributed by atoms with van der Waals surface area (Å²) in [5.74, 6) is 0.0845. The number of hydrogen-bond donors (Lipinski definition) is 0. The lowest BCUT2D eigenvalue weighted by Gasteiger charge is -2.43. The standard InChI is InChI=1S/C17H18ClF2N3O/c1-22(11-14-21-8-9-23(14)16(19)20)15(24)17(6-3-7-17)12-4-2-5-13(18)10-12/h2,4-5,8-10,16H,3,6-7,11H2,1H3. The molecule has 0 spiro atoms. The van der Waals surface area contributed by atoms with Gasteiger partial charge in [0.15, 0.2) is 0 Å². The fraction of sp³-hybridized carbons (Fsp3) is 0.412. The molecule has 0 radical (unpaired) electrons. The van der Waals surface area contributed by atoms with Gasteiger partial charge in [-0.1, -0.05) is 30.2 Å². The molecule has 1 heterocycles. The van der Waals surface area contributed by atoms with Gasteiger partial charge in [0.1, 0.15) is 5.82 Å². The molecule has 3 rings (SSSR count). The average Bonchev–Trinajstić information content (AvgIpc) is 2.94. The third kappa shape index (κ3) is 2.90. The molecule has 1 aromatic carbocycles. The van der Waals surface area contributed by atoms with E-state index < -0.39 is 12.0 Å². The molecular formula is C17H18ClF2N3O. The van der Waals surface area contributed by atoms with Crippen LogP contribution in [-0.4, -0.2) is 27.4 Å². The first kappa shape index (κ1) is 16.9. The van der Waals surface area contributed by atoms with Crippen molar-refractivity contribution in [1.29, 1.82) is 0 Å². The molecule has 0 saturated heterocycles. The molecule has 0 aliphatic heterocycles. The van der Waals surface area contributed by atoms with Crippen molar-refractivity contribution in [2.75, 3.05) is 7.05 Å². The molecule has 128 valence electrons. The van der Waals surface area contributed by atoms with E-state index in [1.54, 1.807) is 13.1 Å². The van der Waals surface area contributed by atoms with Gasteiger partial charge < -0.3 is 4.90 Å². The van der Waals surface area contributed by atoms with Gasteiger partial charge in [-0.2, -0.15) is 8.78 Å². The molecule has 1 fully saturated rings. The number of carbonyl (C=O) groups is 1. The first-order chi connectivity index (χ1) is 11.4. The minimum Gasteiger partial charge on any atom is -0.338 e. The summed E-state index contributed by atoms with van der Waals surface area (Å²) in [6.07, 6.45) is 4.96. The van der Waals surface area contributed by atoms with Crippen LogP contribution >= 0.6 is 11.6 Å². The second-order valence-electron chi connectivity index (χ2n) is 6.14. The minimum atomic E-state index is -2.67. The largest absolute Gasteiger partial charge is 0.338 e. The van der Waals surface area contributed by atoms with E-state index in [-0.39, 0.29) is 18.3 Å². The van der Waals surface area contributed by atoms with Crippen molar-refractivity contribution in [2.45, 2.75) is 37.8 Å². The van der Waals surface area contributed by atoms with Gasteiger partial charge >= 0.3 is 6.55 Å². The maximum absolute atomic E-state index is 13.0. The Balaban J connectivity index is 1.82. The highest BCUT2D eigenvalue weighted by molar-refractivity contribution is 6.30. The van der Waals surface area contributed by atoms with Crippen LogP contribution in [0.5, 0.6) is 0 Å². The van der Waals surface area contributed by atoms with Crippen molar-refractivity contribution in [3.05, 3.63) is 53.1 Å². The number of hydrogen-bond acceptors (Lipinski definition) is 2. The van der Waals surface area contributed by atoms with E-state index in [0.717, 1.165) is 29.4 Å². The lowest BCUT2D eigenvalue weighted by molar-refractivity contribution is -0.140. The number of imidazole rings is 1. The van der Waals surface area contributed by atoms with E-state index >= 15 is 0 Å². The molecule has 0 atom stereocenters. The molecule has 1 amide bonds. The number of aromatic nitrogens is 2. The van der Waals surface area contributed by atoms with Crippen LogP contribution < -0.4 is 0 Å². The summed E-state index contributed by atoms with van der Waals surface area (Å²) in [4.78, 5) is 18.4. The summed E-state index contributed by atoms with van der Waals surface area (Å²) in [6, 6.07) is 7.31. The summed E-state index contributed by atoms with van der Waals surface area (Å²) in [6.45, 7) is -2.63. The van der Waals surface area contributed by atoms with Crippen LogP contribution in [0.1, 0.15) is 37.2 Å². The quantitative estimate of drug-likeness (QED) is 0.814. The smallest absolute Gasteiger partial charge is 0.319 e. The van der Waals surface area contributed by atoms with Crippen molar-refractivity contribution < 1.29 is 13.6 Å². The van der Waals surface area contributed by atoms with Gasteiger partial charge in [-0.25, -0.2) is 4.98 Å². The lowest BCUT2D eigenvalue weighted by Crippen LogP contribution is -2.49. The van der Waals surface area contributed by atoms with Crippen LogP contribution in [0.2, 0.25) is 5.02 Å². The van der Waals surface area contributed by atoms with E-state index in [1.807, 2.05) is 18.2 Å². The number of benzene rings is 1. The van der Waals surface area contributed by atoms with Crippen LogP contribution in [0.25, 0.3) is 0 Å². The molecule has 1 aliphatic carbocycles. The Hall–Kier alpha value is -1.95. The highest BCUT2D eigenvalue weighted by atomic mass is 35.5. The minimum absolute atomic E-state index is 0.0402. The second kappa shape index (κ2) is 6.51. The summed E-state index contributed by atoms with van der Waals surface area (Å²) in [7, 11) is 1.62. The molecule has 0 N–H and O–H groups in total. The summed E-state index contributed by atoms with van der Waals surface area (Å²) in [5.41, 5.74) is 0.275. The van der Waals surface area contributed by atoms with Gasteiger partial charge in [0.25, 0.3) is 0 Å². The number of carbonyl (C=O) groups excluding carboxylic acids is 1. The summed E-state index contributed by atoms with van der Waals surface area (Å²) >= 11 is 6.07.